The van der Waals surface area contributed by atoms with Crippen molar-refractivity contribution in [1.29, 1.82) is 0 Å². The van der Waals surface area contributed by atoms with Crippen molar-refractivity contribution in [3.8, 4) is 0 Å². The molecule has 0 aromatic heterocycles. The molecule has 0 aromatic carbocycles. The molecule has 0 heterocycles. The zero-order valence-corrected chi connectivity index (χ0v) is 11.3. The Balaban J connectivity index is 2.07. The number of methoxy groups -OCH3 is 1. The fourth-order valence-corrected chi connectivity index (χ4v) is 2.22. The van der Waals surface area contributed by atoms with E-state index in [4.69, 9.17) is 4.74 Å². The first kappa shape index (κ1) is 14.5. The zero-order chi connectivity index (χ0) is 12.7. The highest BCUT2D eigenvalue weighted by Crippen LogP contribution is 2.49. The number of nitrogens with one attached hydrogen (secondary N) is 2. The predicted octanol–water partition coefficient (Wildman–Crippen LogP) is 1.16. The van der Waals surface area contributed by atoms with E-state index in [9.17, 15) is 4.79 Å². The standard InChI is InChI=1S/C13H26N2O2/c1-11(2)8-13(4-5-13)10-15-12(16)9-14-6-7-17-3/h11,14H,4-10H2,1-3H3,(H,15,16). The minimum absolute atomic E-state index is 0.0936. The van der Waals surface area contributed by atoms with Crippen LogP contribution in [0.5, 0.6) is 0 Å². The van der Waals surface area contributed by atoms with Crippen LogP contribution in [0.25, 0.3) is 0 Å². The Morgan fingerprint density at radius 1 is 1.41 bits per heavy atom. The average Bonchev–Trinajstić information content (AvgIpc) is 3.01. The maximum atomic E-state index is 11.6. The average molecular weight is 242 g/mol. The normalized spacial score (nSPS) is 17.2. The summed E-state index contributed by atoms with van der Waals surface area (Å²) < 4.78 is 4.90. The van der Waals surface area contributed by atoms with E-state index in [0.717, 1.165) is 13.1 Å². The van der Waals surface area contributed by atoms with E-state index in [1.807, 2.05) is 0 Å². The van der Waals surface area contributed by atoms with Gasteiger partial charge in [-0.2, -0.15) is 0 Å². The summed E-state index contributed by atoms with van der Waals surface area (Å²) in [5, 5.41) is 6.07. The summed E-state index contributed by atoms with van der Waals surface area (Å²) in [6, 6.07) is 0. The predicted molar refractivity (Wildman–Crippen MR) is 68.9 cm³/mol. The lowest BCUT2D eigenvalue weighted by molar-refractivity contribution is -0.120. The molecule has 1 fully saturated rings. The summed E-state index contributed by atoms with van der Waals surface area (Å²) >= 11 is 0. The number of hydrogen-bond acceptors (Lipinski definition) is 3. The fraction of sp³-hybridized carbons (Fsp3) is 0.923. The quantitative estimate of drug-likeness (QED) is 0.597. The molecule has 4 nitrogen and oxygen atoms in total. The molecule has 2 N–H and O–H groups in total. The first-order chi connectivity index (χ1) is 8.08. The molecule has 17 heavy (non-hydrogen) atoms. The smallest absolute Gasteiger partial charge is 0.233 e. The number of ether oxygens (including phenoxy) is 1. The minimum Gasteiger partial charge on any atom is -0.383 e. The summed E-state index contributed by atoms with van der Waals surface area (Å²) in [5.41, 5.74) is 0.413. The molecule has 1 rings (SSSR count). The van der Waals surface area contributed by atoms with E-state index in [2.05, 4.69) is 24.5 Å². The van der Waals surface area contributed by atoms with E-state index in [1.54, 1.807) is 7.11 Å². The van der Waals surface area contributed by atoms with Crippen LogP contribution >= 0.6 is 0 Å². The third-order valence-corrected chi connectivity index (χ3v) is 3.23. The van der Waals surface area contributed by atoms with Crippen molar-refractivity contribution >= 4 is 5.91 Å². The van der Waals surface area contributed by atoms with E-state index < -0.39 is 0 Å². The van der Waals surface area contributed by atoms with Crippen LogP contribution in [0.15, 0.2) is 0 Å². The molecule has 0 saturated heterocycles. The lowest BCUT2D eigenvalue weighted by Gasteiger charge is -2.18. The van der Waals surface area contributed by atoms with Crippen molar-refractivity contribution in [1.82, 2.24) is 10.6 Å². The Kier molecular flexibility index (Phi) is 5.92. The molecule has 1 amide bonds. The molecular weight excluding hydrogens is 216 g/mol. The Morgan fingerprint density at radius 2 is 2.12 bits per heavy atom. The SMILES string of the molecule is COCCNCC(=O)NCC1(CC(C)C)CC1. The molecule has 1 aliphatic carbocycles. The maximum absolute atomic E-state index is 11.6. The second-order valence-electron chi connectivity index (χ2n) is 5.54. The number of hydrogen-bond donors (Lipinski definition) is 2. The van der Waals surface area contributed by atoms with Crippen LogP contribution in [0.4, 0.5) is 0 Å². The molecule has 0 unspecified atom stereocenters. The summed E-state index contributed by atoms with van der Waals surface area (Å²) in [7, 11) is 1.66. The van der Waals surface area contributed by atoms with Gasteiger partial charge in [0.1, 0.15) is 0 Å². The van der Waals surface area contributed by atoms with Crippen LogP contribution in [0, 0.1) is 11.3 Å². The number of rotatable bonds is 9. The van der Waals surface area contributed by atoms with Gasteiger partial charge in [-0.1, -0.05) is 13.8 Å². The molecule has 0 aliphatic heterocycles. The highest BCUT2D eigenvalue weighted by molar-refractivity contribution is 5.78. The highest BCUT2D eigenvalue weighted by atomic mass is 16.5. The molecule has 0 atom stereocenters. The van der Waals surface area contributed by atoms with E-state index in [0.29, 0.717) is 24.5 Å². The third-order valence-electron chi connectivity index (χ3n) is 3.23. The monoisotopic (exact) mass is 242 g/mol. The highest BCUT2D eigenvalue weighted by Gasteiger charge is 2.42. The van der Waals surface area contributed by atoms with Gasteiger partial charge in [-0.15, -0.1) is 0 Å². The summed E-state index contributed by atoms with van der Waals surface area (Å²) in [6.07, 6.45) is 3.76. The van der Waals surface area contributed by atoms with Crippen molar-refractivity contribution in [3.05, 3.63) is 0 Å². The largest absolute Gasteiger partial charge is 0.383 e. The van der Waals surface area contributed by atoms with Gasteiger partial charge >= 0.3 is 0 Å². The summed E-state index contributed by atoms with van der Waals surface area (Å²) in [4.78, 5) is 11.6. The molecule has 100 valence electrons. The molecule has 0 spiro atoms. The van der Waals surface area contributed by atoms with Gasteiger partial charge in [0.2, 0.25) is 5.91 Å². The Hall–Kier alpha value is -0.610. The third kappa shape index (κ3) is 6.03. The van der Waals surface area contributed by atoms with Crippen molar-refractivity contribution in [2.24, 2.45) is 11.3 Å². The van der Waals surface area contributed by atoms with Crippen LogP contribution in [-0.2, 0) is 9.53 Å². The van der Waals surface area contributed by atoms with Gasteiger partial charge in [-0.3, -0.25) is 4.79 Å². The van der Waals surface area contributed by atoms with Crippen molar-refractivity contribution in [3.63, 3.8) is 0 Å². The number of carbonyl (C=O) groups excluding carboxylic acids is 1. The Labute approximate surface area is 104 Å². The molecule has 1 saturated carbocycles. The van der Waals surface area contributed by atoms with Gasteiger partial charge in [-0.05, 0) is 30.6 Å². The van der Waals surface area contributed by atoms with Crippen LogP contribution in [-0.4, -0.2) is 39.3 Å². The van der Waals surface area contributed by atoms with Crippen LogP contribution in [0.1, 0.15) is 33.1 Å². The molecule has 0 aromatic rings. The molecule has 0 bridgehead atoms. The van der Waals surface area contributed by atoms with Crippen LogP contribution in [0.3, 0.4) is 0 Å². The molecule has 1 aliphatic rings. The van der Waals surface area contributed by atoms with Crippen molar-refractivity contribution in [2.75, 3.05) is 33.4 Å². The Bertz CT molecular complexity index is 238. The topological polar surface area (TPSA) is 50.4 Å². The minimum atomic E-state index is 0.0936. The molecule has 4 heteroatoms. The lowest BCUT2D eigenvalue weighted by atomic mass is 9.94. The van der Waals surface area contributed by atoms with Gasteiger partial charge in [0.15, 0.2) is 0 Å². The van der Waals surface area contributed by atoms with Crippen LogP contribution < -0.4 is 10.6 Å². The van der Waals surface area contributed by atoms with Gasteiger partial charge in [0.05, 0.1) is 13.2 Å². The van der Waals surface area contributed by atoms with Crippen molar-refractivity contribution < 1.29 is 9.53 Å². The molecule has 0 radical (unpaired) electrons. The van der Waals surface area contributed by atoms with Gasteiger partial charge in [0, 0.05) is 20.2 Å². The van der Waals surface area contributed by atoms with E-state index >= 15 is 0 Å². The van der Waals surface area contributed by atoms with Gasteiger partial charge in [-0.25, -0.2) is 0 Å². The zero-order valence-electron chi connectivity index (χ0n) is 11.3. The first-order valence-electron chi connectivity index (χ1n) is 6.54. The first-order valence-corrected chi connectivity index (χ1v) is 6.54. The van der Waals surface area contributed by atoms with E-state index in [-0.39, 0.29) is 5.91 Å². The van der Waals surface area contributed by atoms with Crippen molar-refractivity contribution in [2.45, 2.75) is 33.1 Å². The van der Waals surface area contributed by atoms with E-state index in [1.165, 1.54) is 19.3 Å². The maximum Gasteiger partial charge on any atom is 0.233 e. The van der Waals surface area contributed by atoms with Gasteiger partial charge in [0.25, 0.3) is 0 Å². The van der Waals surface area contributed by atoms with Gasteiger partial charge < -0.3 is 15.4 Å². The number of amides is 1. The van der Waals surface area contributed by atoms with Crippen LogP contribution in [0.2, 0.25) is 0 Å². The summed E-state index contributed by atoms with van der Waals surface area (Å²) in [6.45, 7) is 7.09. The lowest BCUT2D eigenvalue weighted by Crippen LogP contribution is -2.38. The Morgan fingerprint density at radius 3 is 2.65 bits per heavy atom. The number of carbonyl (C=O) groups is 1. The summed E-state index contributed by atoms with van der Waals surface area (Å²) in [5.74, 6) is 0.811. The second-order valence-corrected chi connectivity index (χ2v) is 5.54. The second kappa shape index (κ2) is 6.97. The molecular formula is C13H26N2O2. The fourth-order valence-electron chi connectivity index (χ4n) is 2.22.